The fourth-order valence-electron chi connectivity index (χ4n) is 2.23. The summed E-state index contributed by atoms with van der Waals surface area (Å²) < 4.78 is 39.4. The van der Waals surface area contributed by atoms with E-state index in [1.807, 2.05) is 0 Å². The molecule has 2 aromatic carbocycles. The maximum Gasteiger partial charge on any atom is 0.417 e. The lowest BCUT2D eigenvalue weighted by Crippen LogP contribution is -2.26. The van der Waals surface area contributed by atoms with Crippen molar-refractivity contribution in [3.8, 4) is 0 Å². The van der Waals surface area contributed by atoms with E-state index in [1.54, 1.807) is 0 Å². The molecule has 0 amide bonds. The van der Waals surface area contributed by atoms with E-state index in [2.05, 4.69) is 6.58 Å². The molecule has 5 N–H and O–H groups in total. The number of carbonyl (C=O) groups is 1. The van der Waals surface area contributed by atoms with Gasteiger partial charge in [-0.3, -0.25) is 5.01 Å². The lowest BCUT2D eigenvalue weighted by molar-refractivity contribution is -0.137. The second-order valence-corrected chi connectivity index (χ2v) is 5.37. The molecule has 0 heterocycles. The topological polar surface area (TPSA) is 92.6 Å². The zero-order valence-electron chi connectivity index (χ0n) is 13.5. The van der Waals surface area contributed by atoms with Gasteiger partial charge in [-0.25, -0.2) is 10.6 Å². The maximum atomic E-state index is 13.1. The van der Waals surface area contributed by atoms with Crippen LogP contribution in [-0.2, 0) is 6.18 Å². The number of anilines is 1. The van der Waals surface area contributed by atoms with Crippen molar-refractivity contribution in [2.24, 2.45) is 11.6 Å². The van der Waals surface area contributed by atoms with Crippen LogP contribution in [0.4, 0.5) is 18.9 Å². The van der Waals surface area contributed by atoms with Gasteiger partial charge in [0, 0.05) is 6.20 Å². The highest BCUT2D eigenvalue weighted by molar-refractivity contribution is 5.88. The maximum absolute atomic E-state index is 13.1. The average molecular weight is 363 g/mol. The first-order chi connectivity index (χ1) is 12.1. The normalized spacial score (nSPS) is 11.9. The van der Waals surface area contributed by atoms with Gasteiger partial charge in [-0.05, 0) is 41.5 Å². The molecule has 0 atom stereocenters. The summed E-state index contributed by atoms with van der Waals surface area (Å²) in [5, 5.41) is 9.94. The highest BCUT2D eigenvalue weighted by Gasteiger charge is 2.33. The summed E-state index contributed by atoms with van der Waals surface area (Å²) in [6.07, 6.45) is -3.33. The van der Waals surface area contributed by atoms with E-state index in [9.17, 15) is 18.0 Å². The molecule has 0 fully saturated rings. The van der Waals surface area contributed by atoms with Gasteiger partial charge in [-0.1, -0.05) is 24.8 Å². The first-order valence-corrected chi connectivity index (χ1v) is 7.31. The molecule has 2 rings (SSSR count). The summed E-state index contributed by atoms with van der Waals surface area (Å²) in [6.45, 7) is 3.63. The molecule has 0 bridgehead atoms. The summed E-state index contributed by atoms with van der Waals surface area (Å²) in [5.41, 5.74) is 5.23. The van der Waals surface area contributed by atoms with E-state index in [-0.39, 0.29) is 22.4 Å². The molecular weight excluding hydrogens is 347 g/mol. The molecule has 0 aliphatic heterocycles. The molecule has 0 aliphatic carbocycles. The molecule has 136 valence electrons. The van der Waals surface area contributed by atoms with Crippen LogP contribution in [0.5, 0.6) is 0 Å². The van der Waals surface area contributed by atoms with Crippen molar-refractivity contribution in [2.45, 2.75) is 6.18 Å². The van der Waals surface area contributed by atoms with Crippen LogP contribution in [0, 0.1) is 0 Å². The van der Waals surface area contributed by atoms with Crippen molar-refractivity contribution in [3.63, 3.8) is 0 Å². The molecule has 0 saturated heterocycles. The Morgan fingerprint density at radius 2 is 1.69 bits per heavy atom. The van der Waals surface area contributed by atoms with E-state index in [0.29, 0.717) is 5.69 Å². The quantitative estimate of drug-likeness (QED) is 0.429. The van der Waals surface area contributed by atoms with Gasteiger partial charge in [0.2, 0.25) is 0 Å². The van der Waals surface area contributed by atoms with Gasteiger partial charge in [-0.2, -0.15) is 13.2 Å². The molecule has 26 heavy (non-hydrogen) atoms. The van der Waals surface area contributed by atoms with Crippen LogP contribution in [0.1, 0.15) is 21.5 Å². The smallest absolute Gasteiger partial charge is 0.417 e. The van der Waals surface area contributed by atoms with E-state index in [0.717, 1.165) is 11.1 Å². The second kappa shape index (κ2) is 7.32. The number of nitrogens with zero attached hydrogens (tertiary/aromatic N) is 1. The van der Waals surface area contributed by atoms with Crippen molar-refractivity contribution < 1.29 is 23.1 Å². The minimum absolute atomic E-state index is 0.0319. The predicted octanol–water partition coefficient (Wildman–Crippen LogP) is 3.60. The number of carboxylic acids is 1. The number of hydrogen-bond acceptors (Lipinski definition) is 4. The number of aromatic carboxylic acids is 1. The SMILES string of the molecule is C=C(/C(N)=C\N(N)c1ccc(C(=O)O)cc1)c1ccccc1C(F)(F)F. The number of nitrogens with two attached hydrogens (primary N) is 2. The standard InChI is InChI=1S/C18H16F3N3O2/c1-11(14-4-2-3-5-15(14)18(19,20)21)16(22)10-24(23)13-8-6-12(7-9-13)17(25)26/h2-10H,1,22-23H2,(H,25,26)/b16-10+. The lowest BCUT2D eigenvalue weighted by Gasteiger charge is -2.18. The number of alkyl halides is 3. The van der Waals surface area contributed by atoms with Crippen molar-refractivity contribution in [1.82, 2.24) is 0 Å². The van der Waals surface area contributed by atoms with Crippen molar-refractivity contribution in [3.05, 3.63) is 83.7 Å². The largest absolute Gasteiger partial charge is 0.478 e. The van der Waals surface area contributed by atoms with Crippen molar-refractivity contribution >= 4 is 17.2 Å². The summed E-state index contributed by atoms with van der Waals surface area (Å²) in [7, 11) is 0. The van der Waals surface area contributed by atoms with E-state index in [4.69, 9.17) is 16.7 Å². The minimum Gasteiger partial charge on any atom is -0.478 e. The molecular formula is C18H16F3N3O2. The number of rotatable bonds is 5. The minimum atomic E-state index is -4.55. The first kappa shape index (κ1) is 19.1. The fraction of sp³-hybridized carbons (Fsp3) is 0.0556. The molecule has 0 aliphatic rings. The van der Waals surface area contributed by atoms with Crippen LogP contribution in [0.3, 0.4) is 0 Å². The van der Waals surface area contributed by atoms with Crippen molar-refractivity contribution in [2.75, 3.05) is 5.01 Å². The van der Waals surface area contributed by atoms with E-state index < -0.39 is 17.7 Å². The Kier molecular flexibility index (Phi) is 5.37. The van der Waals surface area contributed by atoms with Crippen molar-refractivity contribution in [1.29, 1.82) is 0 Å². The molecule has 2 aromatic rings. The first-order valence-electron chi connectivity index (χ1n) is 7.31. The number of halogens is 3. The Labute approximate surface area is 147 Å². The molecule has 0 spiro atoms. The number of hydrogen-bond donors (Lipinski definition) is 3. The van der Waals surface area contributed by atoms with Crippen LogP contribution in [0.2, 0.25) is 0 Å². The Morgan fingerprint density at radius 3 is 2.23 bits per heavy atom. The highest BCUT2D eigenvalue weighted by atomic mass is 19.4. The number of benzene rings is 2. The monoisotopic (exact) mass is 363 g/mol. The zero-order valence-corrected chi connectivity index (χ0v) is 13.5. The summed E-state index contributed by atoms with van der Waals surface area (Å²) in [6, 6.07) is 10.5. The Hall–Kier alpha value is -3.26. The van der Waals surface area contributed by atoms with Crippen LogP contribution >= 0.6 is 0 Å². The molecule has 0 radical (unpaired) electrons. The zero-order chi connectivity index (χ0) is 19.5. The summed E-state index contributed by atoms with van der Waals surface area (Å²) in [4.78, 5) is 10.8. The van der Waals surface area contributed by atoms with Gasteiger partial charge < -0.3 is 10.8 Å². The Morgan fingerprint density at radius 1 is 1.12 bits per heavy atom. The third-order valence-electron chi connectivity index (χ3n) is 3.60. The molecule has 8 heteroatoms. The van der Waals surface area contributed by atoms with E-state index >= 15 is 0 Å². The lowest BCUT2D eigenvalue weighted by atomic mass is 9.98. The van der Waals surface area contributed by atoms with Crippen LogP contribution in [-0.4, -0.2) is 11.1 Å². The van der Waals surface area contributed by atoms with Crippen LogP contribution in [0.15, 0.2) is 67.0 Å². The van der Waals surface area contributed by atoms with Gasteiger partial charge in [0.1, 0.15) is 0 Å². The number of allylic oxidation sites excluding steroid dienone is 1. The predicted molar refractivity (Wildman–Crippen MR) is 92.8 cm³/mol. The molecule has 0 aromatic heterocycles. The number of hydrazine groups is 1. The van der Waals surface area contributed by atoms with Crippen LogP contribution in [0.25, 0.3) is 5.57 Å². The Bertz CT molecular complexity index is 859. The second-order valence-electron chi connectivity index (χ2n) is 5.37. The fourth-order valence-corrected chi connectivity index (χ4v) is 2.23. The van der Waals surface area contributed by atoms with Gasteiger partial charge in [0.05, 0.1) is 22.5 Å². The number of carboxylic acid groups (broad SMARTS) is 1. The average Bonchev–Trinajstić information content (AvgIpc) is 2.60. The summed E-state index contributed by atoms with van der Waals surface area (Å²) in [5.74, 6) is 4.74. The highest BCUT2D eigenvalue weighted by Crippen LogP contribution is 2.35. The van der Waals surface area contributed by atoms with Gasteiger partial charge >= 0.3 is 12.1 Å². The Balaban J connectivity index is 2.29. The van der Waals surface area contributed by atoms with Gasteiger partial charge in [0.25, 0.3) is 0 Å². The summed E-state index contributed by atoms with van der Waals surface area (Å²) >= 11 is 0. The molecule has 0 unspecified atom stereocenters. The third kappa shape index (κ3) is 4.22. The van der Waals surface area contributed by atoms with Gasteiger partial charge in [-0.15, -0.1) is 0 Å². The third-order valence-corrected chi connectivity index (χ3v) is 3.60. The molecule has 5 nitrogen and oxygen atoms in total. The van der Waals surface area contributed by atoms with Gasteiger partial charge in [0.15, 0.2) is 0 Å². The molecule has 0 saturated carbocycles. The van der Waals surface area contributed by atoms with Crippen LogP contribution < -0.4 is 16.6 Å². The van der Waals surface area contributed by atoms with E-state index in [1.165, 1.54) is 48.7 Å².